The van der Waals surface area contributed by atoms with Crippen LogP contribution in [0.3, 0.4) is 0 Å². The highest BCUT2D eigenvalue weighted by Crippen LogP contribution is 2.22. The number of nitrogens with zero attached hydrogens (tertiary/aromatic N) is 1. The first-order chi connectivity index (χ1) is 12.4. The van der Waals surface area contributed by atoms with E-state index in [0.29, 0.717) is 31.2 Å². The van der Waals surface area contributed by atoms with Gasteiger partial charge in [-0.15, -0.1) is 0 Å². The Bertz CT molecular complexity index is 713. The van der Waals surface area contributed by atoms with E-state index in [1.54, 1.807) is 6.07 Å². The molecule has 1 aromatic rings. The van der Waals surface area contributed by atoms with Crippen molar-refractivity contribution in [2.75, 3.05) is 46.9 Å². The molecule has 1 heterocycles. The van der Waals surface area contributed by atoms with E-state index < -0.39 is 10.0 Å². The van der Waals surface area contributed by atoms with E-state index in [0.717, 1.165) is 24.9 Å². The van der Waals surface area contributed by atoms with Crippen molar-refractivity contribution in [2.45, 2.75) is 24.7 Å². The van der Waals surface area contributed by atoms with Crippen LogP contribution in [-0.2, 0) is 14.8 Å². The van der Waals surface area contributed by atoms with E-state index in [9.17, 15) is 13.2 Å². The summed E-state index contributed by atoms with van der Waals surface area (Å²) < 4.78 is 32.1. The standard InChI is InChI=1S/C18H29N3O4S/c1-14-4-5-16(26(23,24)20-8-11-25-3)12-17(14)18(22)21-9-6-15(7-10-21)13-19-2/h4-5,12,15,19-20H,6-11,13H2,1-3H3. The molecule has 146 valence electrons. The van der Waals surface area contributed by atoms with E-state index >= 15 is 0 Å². The van der Waals surface area contributed by atoms with Crippen LogP contribution in [0.15, 0.2) is 23.1 Å². The van der Waals surface area contributed by atoms with Gasteiger partial charge in [-0.05, 0) is 57.0 Å². The molecule has 2 N–H and O–H groups in total. The highest BCUT2D eigenvalue weighted by atomic mass is 32.2. The highest BCUT2D eigenvalue weighted by Gasteiger charge is 2.25. The van der Waals surface area contributed by atoms with Crippen molar-refractivity contribution in [1.82, 2.24) is 14.9 Å². The van der Waals surface area contributed by atoms with Gasteiger partial charge in [-0.25, -0.2) is 13.1 Å². The third kappa shape index (κ3) is 5.26. The summed E-state index contributed by atoms with van der Waals surface area (Å²) in [6.45, 7) is 4.67. The Morgan fingerprint density at radius 2 is 2.00 bits per heavy atom. The van der Waals surface area contributed by atoms with Crippen molar-refractivity contribution in [3.63, 3.8) is 0 Å². The molecule has 0 aromatic heterocycles. The maximum absolute atomic E-state index is 12.9. The van der Waals surface area contributed by atoms with Crippen molar-refractivity contribution in [3.8, 4) is 0 Å². The number of nitrogens with one attached hydrogen (secondary N) is 2. The number of amides is 1. The Balaban J connectivity index is 2.13. The first-order valence-electron chi connectivity index (χ1n) is 8.92. The molecule has 8 heteroatoms. The van der Waals surface area contributed by atoms with E-state index in [4.69, 9.17) is 4.74 Å². The number of ether oxygens (including phenoxy) is 1. The average molecular weight is 384 g/mol. The van der Waals surface area contributed by atoms with E-state index in [1.807, 2.05) is 18.9 Å². The summed E-state index contributed by atoms with van der Waals surface area (Å²) in [5, 5.41) is 3.18. The van der Waals surface area contributed by atoms with Gasteiger partial charge < -0.3 is 15.0 Å². The summed E-state index contributed by atoms with van der Waals surface area (Å²) in [4.78, 5) is 14.8. The number of hydrogen-bond acceptors (Lipinski definition) is 5. The molecule has 7 nitrogen and oxygen atoms in total. The second kappa shape index (κ2) is 9.45. The molecule has 0 atom stereocenters. The summed E-state index contributed by atoms with van der Waals surface area (Å²) in [7, 11) is -0.213. The Labute approximate surface area is 156 Å². The lowest BCUT2D eigenvalue weighted by molar-refractivity contribution is 0.0690. The molecule has 1 amide bonds. The molecule has 2 rings (SSSR count). The van der Waals surface area contributed by atoms with Gasteiger partial charge in [-0.1, -0.05) is 6.07 Å². The van der Waals surface area contributed by atoms with Crippen LogP contribution in [0.2, 0.25) is 0 Å². The number of piperidine rings is 1. The highest BCUT2D eigenvalue weighted by molar-refractivity contribution is 7.89. The molecular formula is C18H29N3O4S. The van der Waals surface area contributed by atoms with Crippen LogP contribution in [0, 0.1) is 12.8 Å². The predicted molar refractivity (Wildman–Crippen MR) is 101 cm³/mol. The largest absolute Gasteiger partial charge is 0.383 e. The smallest absolute Gasteiger partial charge is 0.254 e. The predicted octanol–water partition coefficient (Wildman–Crippen LogP) is 0.991. The van der Waals surface area contributed by atoms with Crippen molar-refractivity contribution in [3.05, 3.63) is 29.3 Å². The number of sulfonamides is 1. The van der Waals surface area contributed by atoms with Crippen LogP contribution in [0.25, 0.3) is 0 Å². The van der Waals surface area contributed by atoms with E-state index in [2.05, 4.69) is 10.0 Å². The molecule has 1 saturated heterocycles. The summed E-state index contributed by atoms with van der Waals surface area (Å²) >= 11 is 0. The quantitative estimate of drug-likeness (QED) is 0.654. The molecular weight excluding hydrogens is 354 g/mol. The molecule has 0 saturated carbocycles. The Morgan fingerprint density at radius 3 is 2.62 bits per heavy atom. The van der Waals surface area contributed by atoms with Crippen molar-refractivity contribution >= 4 is 15.9 Å². The minimum atomic E-state index is -3.66. The third-order valence-electron chi connectivity index (χ3n) is 4.74. The molecule has 0 radical (unpaired) electrons. The Morgan fingerprint density at radius 1 is 1.31 bits per heavy atom. The lowest BCUT2D eigenvalue weighted by Gasteiger charge is -2.32. The van der Waals surface area contributed by atoms with Crippen LogP contribution in [-0.4, -0.2) is 66.2 Å². The lowest BCUT2D eigenvalue weighted by atomic mass is 9.96. The number of carbonyl (C=O) groups is 1. The zero-order chi connectivity index (χ0) is 19.2. The summed E-state index contributed by atoms with van der Waals surface area (Å²) in [6.07, 6.45) is 1.92. The monoisotopic (exact) mass is 383 g/mol. The van der Waals surface area contributed by atoms with Gasteiger partial charge in [0.15, 0.2) is 0 Å². The fraction of sp³-hybridized carbons (Fsp3) is 0.611. The molecule has 1 fully saturated rings. The van der Waals surface area contributed by atoms with Crippen LogP contribution >= 0.6 is 0 Å². The minimum absolute atomic E-state index is 0.0978. The molecule has 0 bridgehead atoms. The first kappa shape index (κ1) is 20.8. The normalized spacial score (nSPS) is 16.0. The van der Waals surface area contributed by atoms with Crippen LogP contribution in [0.4, 0.5) is 0 Å². The maximum Gasteiger partial charge on any atom is 0.254 e. The topological polar surface area (TPSA) is 87.7 Å². The number of rotatable bonds is 8. The molecule has 0 unspecified atom stereocenters. The fourth-order valence-corrected chi connectivity index (χ4v) is 4.20. The number of methoxy groups -OCH3 is 1. The number of aryl methyl sites for hydroxylation is 1. The van der Waals surface area contributed by atoms with Crippen molar-refractivity contribution < 1.29 is 17.9 Å². The lowest BCUT2D eigenvalue weighted by Crippen LogP contribution is -2.40. The zero-order valence-corrected chi connectivity index (χ0v) is 16.6. The molecule has 0 aliphatic carbocycles. The van der Waals surface area contributed by atoms with Crippen LogP contribution in [0.1, 0.15) is 28.8 Å². The summed E-state index contributed by atoms with van der Waals surface area (Å²) in [6, 6.07) is 4.69. The molecule has 1 aliphatic heterocycles. The van der Waals surface area contributed by atoms with Gasteiger partial charge in [0.1, 0.15) is 0 Å². The van der Waals surface area contributed by atoms with Gasteiger partial charge in [-0.3, -0.25) is 4.79 Å². The summed E-state index contributed by atoms with van der Waals surface area (Å²) in [5.74, 6) is 0.487. The number of benzene rings is 1. The second-order valence-corrected chi connectivity index (χ2v) is 8.43. The Kier molecular flexibility index (Phi) is 7.57. The zero-order valence-electron chi connectivity index (χ0n) is 15.7. The van der Waals surface area contributed by atoms with Crippen molar-refractivity contribution in [2.24, 2.45) is 5.92 Å². The summed E-state index contributed by atoms with van der Waals surface area (Å²) in [5.41, 5.74) is 1.23. The molecule has 0 spiro atoms. The second-order valence-electron chi connectivity index (χ2n) is 6.66. The fourth-order valence-electron chi connectivity index (χ4n) is 3.16. The van der Waals surface area contributed by atoms with Gasteiger partial charge in [0, 0.05) is 32.3 Å². The number of carbonyl (C=O) groups excluding carboxylic acids is 1. The maximum atomic E-state index is 12.9. The SMILES string of the molecule is CNCC1CCN(C(=O)c2cc(S(=O)(=O)NCCOC)ccc2C)CC1. The van der Waals surface area contributed by atoms with Gasteiger partial charge in [0.05, 0.1) is 11.5 Å². The molecule has 1 aromatic carbocycles. The minimum Gasteiger partial charge on any atom is -0.383 e. The van der Waals surface area contributed by atoms with Gasteiger partial charge >= 0.3 is 0 Å². The van der Waals surface area contributed by atoms with Crippen LogP contribution in [0.5, 0.6) is 0 Å². The number of likely N-dealkylation sites (tertiary alicyclic amines) is 1. The van der Waals surface area contributed by atoms with E-state index in [1.165, 1.54) is 19.2 Å². The van der Waals surface area contributed by atoms with Crippen molar-refractivity contribution in [1.29, 1.82) is 0 Å². The molecule has 26 heavy (non-hydrogen) atoms. The number of hydrogen-bond donors (Lipinski definition) is 2. The van der Waals surface area contributed by atoms with Gasteiger partial charge in [-0.2, -0.15) is 0 Å². The first-order valence-corrected chi connectivity index (χ1v) is 10.4. The Hall–Kier alpha value is -1.48. The molecule has 1 aliphatic rings. The third-order valence-corrected chi connectivity index (χ3v) is 6.20. The van der Waals surface area contributed by atoms with Crippen LogP contribution < -0.4 is 10.0 Å². The van der Waals surface area contributed by atoms with Gasteiger partial charge in [0.2, 0.25) is 10.0 Å². The average Bonchev–Trinajstić information content (AvgIpc) is 2.62. The van der Waals surface area contributed by atoms with E-state index in [-0.39, 0.29) is 17.3 Å². The van der Waals surface area contributed by atoms with Gasteiger partial charge in [0.25, 0.3) is 5.91 Å².